The average Bonchev–Trinajstić information content (AvgIpc) is 3.49. The third kappa shape index (κ3) is 5.59. The highest BCUT2D eigenvalue weighted by Gasteiger charge is 2.49. The molecule has 0 radical (unpaired) electrons. The Kier molecular flexibility index (Phi) is 7.50. The molecule has 10 nitrogen and oxygen atoms in total. The number of amides is 1. The molecular weight excluding hydrogens is 537 g/mol. The van der Waals surface area contributed by atoms with Gasteiger partial charge in [-0.1, -0.05) is 17.7 Å². The van der Waals surface area contributed by atoms with Crippen molar-refractivity contribution in [1.82, 2.24) is 20.9 Å². The van der Waals surface area contributed by atoms with E-state index in [1.807, 2.05) is 0 Å². The van der Waals surface area contributed by atoms with Gasteiger partial charge in [0.15, 0.2) is 16.4 Å². The number of amidine groups is 1. The molecule has 0 saturated carbocycles. The first kappa shape index (κ1) is 26.2. The maximum absolute atomic E-state index is 13.8. The number of nitrogens with one attached hydrogen (secondary N) is 4. The molecule has 5 N–H and O–H groups in total. The van der Waals surface area contributed by atoms with Gasteiger partial charge in [-0.2, -0.15) is 8.78 Å². The Hall–Kier alpha value is -3.91. The van der Waals surface area contributed by atoms with Gasteiger partial charge in [-0.05, 0) is 18.2 Å². The molecule has 2 atom stereocenters. The van der Waals surface area contributed by atoms with Gasteiger partial charge in [0.25, 0.3) is 0 Å². The number of cyclic esters (lactones) is 1. The molecule has 1 aromatic heterocycles. The van der Waals surface area contributed by atoms with Crippen LogP contribution in [0, 0.1) is 11.2 Å². The summed E-state index contributed by atoms with van der Waals surface area (Å²) in [5, 5.41) is 27.7. The van der Waals surface area contributed by atoms with E-state index >= 15 is 0 Å². The number of rotatable bonds is 9. The van der Waals surface area contributed by atoms with Crippen molar-refractivity contribution in [2.24, 2.45) is 4.99 Å². The summed E-state index contributed by atoms with van der Waals surface area (Å²) < 4.78 is 44.0. The molecule has 1 saturated heterocycles. The number of halogens is 4. The lowest BCUT2D eigenvalue weighted by Crippen LogP contribution is -2.52. The van der Waals surface area contributed by atoms with Crippen LogP contribution in [0.5, 0.6) is 0 Å². The van der Waals surface area contributed by atoms with Gasteiger partial charge < -0.3 is 31.2 Å². The van der Waals surface area contributed by atoms with Crippen molar-refractivity contribution in [2.45, 2.75) is 24.6 Å². The first-order valence-electron chi connectivity index (χ1n) is 10.5. The highest BCUT2D eigenvalue weighted by Crippen LogP contribution is 2.39. The number of hydrogen-bond donors (Lipinski definition) is 5. The molecule has 4 rings (SSSR count). The lowest BCUT2D eigenvalue weighted by molar-refractivity contribution is -0.144. The number of alkyl halides is 2. The largest absolute Gasteiger partial charge is 0.479 e. The van der Waals surface area contributed by atoms with Gasteiger partial charge in [0.1, 0.15) is 18.5 Å². The Balaban J connectivity index is 1.89. The fourth-order valence-corrected chi connectivity index (χ4v) is 4.64. The zero-order valence-electron chi connectivity index (χ0n) is 18.6. The number of carboxylic acids is 1. The normalized spacial score (nSPS) is 21.5. The van der Waals surface area contributed by atoms with E-state index in [0.29, 0.717) is 5.01 Å². The van der Waals surface area contributed by atoms with Crippen LogP contribution < -0.4 is 16.0 Å². The number of thiazole rings is 1. The molecule has 15 heteroatoms. The number of carbonyl (C=O) groups excluding carboxylic acids is 1. The molecule has 1 fully saturated rings. The van der Waals surface area contributed by atoms with Crippen molar-refractivity contribution >= 4 is 46.5 Å². The summed E-state index contributed by atoms with van der Waals surface area (Å²) >= 11 is 7.55. The summed E-state index contributed by atoms with van der Waals surface area (Å²) in [5.41, 5.74) is -1.79. The van der Waals surface area contributed by atoms with Crippen molar-refractivity contribution in [3.05, 3.63) is 74.7 Å². The first-order chi connectivity index (χ1) is 17.6. The zero-order valence-corrected chi connectivity index (χ0v) is 20.2. The summed E-state index contributed by atoms with van der Waals surface area (Å²) in [6.07, 6.45) is 2.07. The van der Waals surface area contributed by atoms with Gasteiger partial charge in [0.2, 0.25) is 0 Å². The van der Waals surface area contributed by atoms with Crippen molar-refractivity contribution < 1.29 is 32.6 Å². The topological polar surface area (TPSA) is 149 Å². The van der Waals surface area contributed by atoms with Crippen molar-refractivity contribution in [1.29, 1.82) is 5.41 Å². The molecule has 0 spiro atoms. The number of allylic oxidation sites excluding steroid dienone is 1. The summed E-state index contributed by atoms with van der Waals surface area (Å²) in [4.78, 5) is 32.8. The smallest absolute Gasteiger partial charge is 0.408 e. The number of aliphatic carboxylic acids is 1. The summed E-state index contributed by atoms with van der Waals surface area (Å²) in [6.45, 7) is -3.40. The highest BCUT2D eigenvalue weighted by molar-refractivity contribution is 7.11. The van der Waals surface area contributed by atoms with Crippen molar-refractivity contribution in [3.8, 4) is 0 Å². The molecular formula is C22H18ClF3N6O4S. The number of carbonyl (C=O) groups is 2. The third-order valence-corrected chi connectivity index (χ3v) is 6.57. The fourth-order valence-electron chi connectivity index (χ4n) is 3.79. The highest BCUT2D eigenvalue weighted by atomic mass is 35.5. The minimum Gasteiger partial charge on any atom is -0.479 e. The van der Waals surface area contributed by atoms with Gasteiger partial charge in [0.05, 0.1) is 5.71 Å². The number of hydrogen-bond acceptors (Lipinski definition) is 9. The summed E-state index contributed by atoms with van der Waals surface area (Å²) in [6, 6.07) is 2.46. The van der Waals surface area contributed by atoms with Crippen LogP contribution >= 0.6 is 22.9 Å². The molecule has 2 aliphatic heterocycles. The Labute approximate surface area is 216 Å². The molecule has 194 valence electrons. The minimum atomic E-state index is -2.89. The molecule has 0 aliphatic carbocycles. The number of benzene rings is 1. The molecule has 1 aromatic carbocycles. The van der Waals surface area contributed by atoms with Crippen LogP contribution in [0.25, 0.3) is 0 Å². The molecule has 0 bridgehead atoms. The van der Waals surface area contributed by atoms with Gasteiger partial charge >= 0.3 is 18.6 Å². The SMILES string of the molecule is N=C(/C=C\NC(F)F)C1=C(C[C@]2(C(=O)O)COC(=O)N2)NC(c2nccs2)=N[C@H]1c1ccc(F)cc1Cl. The van der Waals surface area contributed by atoms with E-state index in [-0.39, 0.29) is 33.4 Å². The van der Waals surface area contributed by atoms with Gasteiger partial charge in [-0.15, -0.1) is 11.3 Å². The summed E-state index contributed by atoms with van der Waals surface area (Å²) in [7, 11) is 0. The molecule has 3 heterocycles. The van der Waals surface area contributed by atoms with Crippen molar-refractivity contribution in [2.75, 3.05) is 6.61 Å². The van der Waals surface area contributed by atoms with Crippen LogP contribution in [-0.2, 0) is 9.53 Å². The number of nitrogens with zero attached hydrogens (tertiary/aromatic N) is 2. The van der Waals surface area contributed by atoms with Gasteiger partial charge in [-0.3, -0.25) is 4.99 Å². The van der Waals surface area contributed by atoms with E-state index in [9.17, 15) is 27.9 Å². The van der Waals surface area contributed by atoms with Gasteiger partial charge in [-0.25, -0.2) is 19.0 Å². The van der Waals surface area contributed by atoms with Crippen LogP contribution in [0.3, 0.4) is 0 Å². The van der Waals surface area contributed by atoms with E-state index in [0.717, 1.165) is 24.4 Å². The Morgan fingerprint density at radius 3 is 2.84 bits per heavy atom. The number of aliphatic imine (C=N–C) groups is 1. The second kappa shape index (κ2) is 10.6. The molecule has 1 amide bonds. The van der Waals surface area contributed by atoms with E-state index in [2.05, 4.69) is 20.6 Å². The Morgan fingerprint density at radius 2 is 2.24 bits per heavy atom. The minimum absolute atomic E-state index is 0.0288. The Morgan fingerprint density at radius 1 is 1.46 bits per heavy atom. The van der Waals surface area contributed by atoms with Crippen LogP contribution in [-0.4, -0.2) is 52.4 Å². The molecule has 37 heavy (non-hydrogen) atoms. The zero-order chi connectivity index (χ0) is 26.7. The van der Waals surface area contributed by atoms with Crippen LogP contribution in [0.15, 0.2) is 58.3 Å². The summed E-state index contributed by atoms with van der Waals surface area (Å²) in [5.74, 6) is -1.82. The second-order valence-electron chi connectivity index (χ2n) is 7.88. The lowest BCUT2D eigenvalue weighted by Gasteiger charge is -2.31. The Bertz CT molecular complexity index is 1330. The van der Waals surface area contributed by atoms with E-state index in [4.69, 9.17) is 21.7 Å². The monoisotopic (exact) mass is 554 g/mol. The average molecular weight is 555 g/mol. The predicted molar refractivity (Wildman–Crippen MR) is 128 cm³/mol. The number of carboxylic acid groups (broad SMARTS) is 1. The number of ether oxygens (including phenoxy) is 1. The third-order valence-electron chi connectivity index (χ3n) is 5.46. The second-order valence-corrected chi connectivity index (χ2v) is 9.18. The van der Waals surface area contributed by atoms with Crippen LogP contribution in [0.2, 0.25) is 5.02 Å². The molecule has 2 aliphatic rings. The maximum atomic E-state index is 13.8. The molecule has 0 unspecified atom stereocenters. The predicted octanol–water partition coefficient (Wildman–Crippen LogP) is 3.58. The number of alkyl carbamates (subject to hydrolysis) is 1. The van der Waals surface area contributed by atoms with Crippen LogP contribution in [0.4, 0.5) is 18.0 Å². The fraction of sp³-hybridized carbons (Fsp3) is 0.227. The van der Waals surface area contributed by atoms with E-state index in [1.165, 1.54) is 23.6 Å². The standard InChI is InChI=1S/C22H18ClF3N6O4S/c23-12-7-10(24)1-2-11(12)16-15(13(27)3-4-29-20(25)26)14(30-17(31-16)18-28-5-6-37-18)8-22(19(33)34)9-36-21(35)32-22/h1-7,16,20,27,29H,8-9H2,(H,30,31)(H,32,35)(H,33,34)/b4-3-,27-13?/t16-,22+/m0/s1. The first-order valence-corrected chi connectivity index (χ1v) is 11.8. The van der Waals surface area contributed by atoms with E-state index < -0.39 is 49.0 Å². The van der Waals surface area contributed by atoms with Crippen LogP contribution in [0.1, 0.15) is 23.0 Å². The number of aromatic nitrogens is 1. The lowest BCUT2D eigenvalue weighted by atomic mass is 9.86. The van der Waals surface area contributed by atoms with Gasteiger partial charge in [0, 0.05) is 46.1 Å². The quantitative estimate of drug-likeness (QED) is 0.235. The maximum Gasteiger partial charge on any atom is 0.408 e. The van der Waals surface area contributed by atoms with E-state index in [1.54, 1.807) is 10.7 Å². The molecule has 2 aromatic rings. The van der Waals surface area contributed by atoms with Crippen molar-refractivity contribution in [3.63, 3.8) is 0 Å².